The predicted octanol–water partition coefficient (Wildman–Crippen LogP) is 4.20. The third kappa shape index (κ3) is 3.58. The van der Waals surface area contributed by atoms with Crippen LogP contribution < -0.4 is 0 Å². The van der Waals surface area contributed by atoms with Gasteiger partial charge in [0.2, 0.25) is 0 Å². The van der Waals surface area contributed by atoms with E-state index in [2.05, 4.69) is 0 Å². The van der Waals surface area contributed by atoms with Crippen LogP contribution in [0.3, 0.4) is 0 Å². The maximum absolute atomic E-state index is 12.7. The maximum Gasteiger partial charge on any atom is 0.345 e. The van der Waals surface area contributed by atoms with E-state index in [1.165, 1.54) is 0 Å². The monoisotopic (exact) mass is 316 g/mol. The molecule has 0 saturated heterocycles. The highest BCUT2D eigenvalue weighted by Gasteiger charge is 2.26. The average Bonchev–Trinajstić information content (AvgIpc) is 2.64. The number of benzene rings is 3. The molecule has 3 aromatic rings. The molecule has 3 rings (SSSR count). The van der Waals surface area contributed by atoms with Crippen LogP contribution in [0.2, 0.25) is 0 Å². The largest absolute Gasteiger partial charge is 0.389 e. The van der Waals surface area contributed by atoms with Gasteiger partial charge in [-0.25, -0.2) is 4.79 Å². The van der Waals surface area contributed by atoms with Crippen molar-refractivity contribution in [2.24, 2.45) is 0 Å². The Kier molecular flexibility index (Phi) is 4.82. The molecule has 3 nitrogen and oxygen atoms in total. The van der Waals surface area contributed by atoms with Crippen LogP contribution in [-0.2, 0) is 9.53 Å². The van der Waals surface area contributed by atoms with Crippen molar-refractivity contribution < 1.29 is 14.3 Å². The zero-order valence-corrected chi connectivity index (χ0v) is 13.0. The van der Waals surface area contributed by atoms with Crippen LogP contribution in [0.25, 0.3) is 0 Å². The summed E-state index contributed by atoms with van der Waals surface area (Å²) >= 11 is 0. The van der Waals surface area contributed by atoms with Gasteiger partial charge in [-0.05, 0) is 23.3 Å². The number of ether oxygens (including phenoxy) is 1. The van der Waals surface area contributed by atoms with Gasteiger partial charge in [-0.15, -0.1) is 0 Å². The first-order valence-corrected chi connectivity index (χ1v) is 7.66. The van der Waals surface area contributed by atoms with E-state index in [0.29, 0.717) is 5.56 Å². The number of carbonyl (C=O) groups excluding carboxylic acids is 2. The number of hydrogen-bond donors (Lipinski definition) is 0. The highest BCUT2D eigenvalue weighted by atomic mass is 16.6. The Hall–Kier alpha value is -3.20. The zero-order valence-electron chi connectivity index (χ0n) is 13.0. The standard InChI is InChI=1S/C21H16O3/c22-20(18-14-8-3-9-15-18)24-21(23)19(16-10-4-1-5-11-16)17-12-6-2-7-13-17/h1-15,19H. The third-order valence-corrected chi connectivity index (χ3v) is 3.70. The molecule has 0 saturated carbocycles. The first kappa shape index (κ1) is 15.7. The molecule has 24 heavy (non-hydrogen) atoms. The van der Waals surface area contributed by atoms with Crippen LogP contribution in [0, 0.1) is 0 Å². The van der Waals surface area contributed by atoms with Gasteiger partial charge in [-0.3, -0.25) is 4.79 Å². The third-order valence-electron chi connectivity index (χ3n) is 3.70. The van der Waals surface area contributed by atoms with Crippen molar-refractivity contribution in [1.29, 1.82) is 0 Å². The molecule has 0 unspecified atom stereocenters. The van der Waals surface area contributed by atoms with Gasteiger partial charge in [0.25, 0.3) is 0 Å². The molecule has 0 N–H and O–H groups in total. The highest BCUT2D eigenvalue weighted by Crippen LogP contribution is 2.26. The molecule has 3 heteroatoms. The minimum atomic E-state index is -0.641. The fraction of sp³-hybridized carbons (Fsp3) is 0.0476. The molecular weight excluding hydrogens is 300 g/mol. The van der Waals surface area contributed by atoms with E-state index in [-0.39, 0.29) is 0 Å². The van der Waals surface area contributed by atoms with E-state index in [1.807, 2.05) is 60.7 Å². The number of carbonyl (C=O) groups is 2. The SMILES string of the molecule is O=C(OC(=O)C(c1ccccc1)c1ccccc1)c1ccccc1. The predicted molar refractivity (Wildman–Crippen MR) is 91.6 cm³/mol. The Morgan fingerprint density at radius 3 is 1.50 bits per heavy atom. The molecule has 118 valence electrons. The lowest BCUT2D eigenvalue weighted by Crippen LogP contribution is -2.21. The van der Waals surface area contributed by atoms with Crippen LogP contribution in [0.5, 0.6) is 0 Å². The van der Waals surface area contributed by atoms with E-state index < -0.39 is 17.9 Å². The highest BCUT2D eigenvalue weighted by molar-refractivity contribution is 5.99. The number of hydrogen-bond acceptors (Lipinski definition) is 3. The van der Waals surface area contributed by atoms with Gasteiger partial charge in [0.1, 0.15) is 5.92 Å². The molecule has 0 aliphatic heterocycles. The van der Waals surface area contributed by atoms with Crippen LogP contribution in [0.4, 0.5) is 0 Å². The molecule has 0 aliphatic rings. The first-order valence-electron chi connectivity index (χ1n) is 7.66. The summed E-state index contributed by atoms with van der Waals surface area (Å²) in [6.07, 6.45) is 0. The van der Waals surface area contributed by atoms with Gasteiger partial charge in [-0.2, -0.15) is 0 Å². The van der Waals surface area contributed by atoms with E-state index in [1.54, 1.807) is 30.3 Å². The summed E-state index contributed by atoms with van der Waals surface area (Å²) in [4.78, 5) is 24.9. The Morgan fingerprint density at radius 1 is 0.625 bits per heavy atom. The van der Waals surface area contributed by atoms with Gasteiger partial charge in [0.05, 0.1) is 5.56 Å². The molecule has 0 aromatic heterocycles. The summed E-state index contributed by atoms with van der Waals surface area (Å²) in [6.45, 7) is 0. The van der Waals surface area contributed by atoms with Crippen molar-refractivity contribution in [3.05, 3.63) is 108 Å². The van der Waals surface area contributed by atoms with Gasteiger partial charge >= 0.3 is 11.9 Å². The smallest absolute Gasteiger partial charge is 0.345 e. The summed E-state index contributed by atoms with van der Waals surface area (Å²) in [6, 6.07) is 27.1. The minimum absolute atomic E-state index is 0.353. The Balaban J connectivity index is 1.89. The summed E-state index contributed by atoms with van der Waals surface area (Å²) < 4.78 is 5.13. The summed E-state index contributed by atoms with van der Waals surface area (Å²) in [5.74, 6) is -1.86. The van der Waals surface area contributed by atoms with Crippen LogP contribution in [0.1, 0.15) is 27.4 Å². The van der Waals surface area contributed by atoms with Crippen molar-refractivity contribution in [2.75, 3.05) is 0 Å². The van der Waals surface area contributed by atoms with Crippen molar-refractivity contribution >= 4 is 11.9 Å². The van der Waals surface area contributed by atoms with Crippen molar-refractivity contribution in [3.63, 3.8) is 0 Å². The van der Waals surface area contributed by atoms with Crippen molar-refractivity contribution in [2.45, 2.75) is 5.92 Å². The topological polar surface area (TPSA) is 43.4 Å². The average molecular weight is 316 g/mol. The second kappa shape index (κ2) is 7.38. The lowest BCUT2D eigenvalue weighted by atomic mass is 9.91. The van der Waals surface area contributed by atoms with E-state index in [9.17, 15) is 9.59 Å². The minimum Gasteiger partial charge on any atom is -0.389 e. The molecule has 0 bridgehead atoms. The van der Waals surface area contributed by atoms with E-state index in [4.69, 9.17) is 4.74 Å². The molecule has 0 fully saturated rings. The summed E-state index contributed by atoms with van der Waals surface area (Å²) in [7, 11) is 0. The molecule has 0 spiro atoms. The molecule has 0 aliphatic carbocycles. The lowest BCUT2D eigenvalue weighted by molar-refractivity contribution is -0.138. The number of rotatable bonds is 4. The van der Waals surface area contributed by atoms with Gasteiger partial charge in [0.15, 0.2) is 0 Å². The van der Waals surface area contributed by atoms with E-state index >= 15 is 0 Å². The van der Waals surface area contributed by atoms with Crippen LogP contribution in [0.15, 0.2) is 91.0 Å². The molecule has 0 radical (unpaired) electrons. The second-order valence-corrected chi connectivity index (χ2v) is 5.33. The maximum atomic E-state index is 12.7. The molecular formula is C21H16O3. The van der Waals surface area contributed by atoms with Gasteiger partial charge in [-0.1, -0.05) is 78.9 Å². The quantitative estimate of drug-likeness (QED) is 0.535. The fourth-order valence-corrected chi connectivity index (χ4v) is 2.54. The molecule has 3 aromatic carbocycles. The Morgan fingerprint density at radius 2 is 1.04 bits per heavy atom. The van der Waals surface area contributed by atoms with Crippen molar-refractivity contribution in [3.8, 4) is 0 Å². The van der Waals surface area contributed by atoms with Crippen LogP contribution in [-0.4, -0.2) is 11.9 Å². The van der Waals surface area contributed by atoms with Crippen LogP contribution >= 0.6 is 0 Å². The molecule has 0 heterocycles. The van der Waals surface area contributed by atoms with Gasteiger partial charge in [0, 0.05) is 0 Å². The van der Waals surface area contributed by atoms with Crippen molar-refractivity contribution in [1.82, 2.24) is 0 Å². The Labute approximate surface area is 140 Å². The second-order valence-electron chi connectivity index (χ2n) is 5.33. The summed E-state index contributed by atoms with van der Waals surface area (Å²) in [5, 5.41) is 0. The summed E-state index contributed by atoms with van der Waals surface area (Å²) in [5.41, 5.74) is 1.93. The fourth-order valence-electron chi connectivity index (χ4n) is 2.54. The molecule has 0 amide bonds. The number of esters is 2. The molecule has 0 atom stereocenters. The Bertz CT molecular complexity index is 772. The van der Waals surface area contributed by atoms with E-state index in [0.717, 1.165) is 11.1 Å². The zero-order chi connectivity index (χ0) is 16.8. The van der Waals surface area contributed by atoms with Gasteiger partial charge < -0.3 is 4.74 Å². The normalized spacial score (nSPS) is 10.4. The lowest BCUT2D eigenvalue weighted by Gasteiger charge is -2.16. The first-order chi connectivity index (χ1) is 11.8.